The van der Waals surface area contributed by atoms with E-state index >= 15 is 0 Å². The molecule has 0 aliphatic carbocycles. The summed E-state index contributed by atoms with van der Waals surface area (Å²) in [7, 11) is 1.72. The average molecular weight is 605 g/mol. The second-order valence-corrected chi connectivity index (χ2v) is 11.7. The predicted molar refractivity (Wildman–Crippen MR) is 159 cm³/mol. The summed E-state index contributed by atoms with van der Waals surface area (Å²) in [6.07, 6.45) is 5.06. The number of fused-ring (bicyclic) bond motifs is 1. The molecule has 1 aliphatic rings. The second kappa shape index (κ2) is 11.9. The number of hydrogen-bond donors (Lipinski definition) is 0. The Labute approximate surface area is 240 Å². The molecule has 2 aromatic heterocycles. The Morgan fingerprint density at radius 3 is 2.54 bits per heavy atom. The van der Waals surface area contributed by atoms with Gasteiger partial charge >= 0.3 is 0 Å². The van der Waals surface area contributed by atoms with E-state index in [1.807, 2.05) is 17.4 Å². The van der Waals surface area contributed by atoms with Gasteiger partial charge in [0.05, 0.1) is 13.7 Å². The summed E-state index contributed by atoms with van der Waals surface area (Å²) >= 11 is 5.58. The number of rotatable bonds is 10. The van der Waals surface area contributed by atoms with E-state index < -0.39 is 0 Å². The van der Waals surface area contributed by atoms with Crippen molar-refractivity contribution in [3.8, 4) is 21.9 Å². The van der Waals surface area contributed by atoms with Crippen LogP contribution in [0.3, 0.4) is 0 Å². The van der Waals surface area contributed by atoms with Gasteiger partial charge in [-0.05, 0) is 119 Å². The Morgan fingerprint density at radius 1 is 0.974 bits per heavy atom. The van der Waals surface area contributed by atoms with Crippen molar-refractivity contribution in [2.75, 3.05) is 33.4 Å². The third-order valence-corrected chi connectivity index (χ3v) is 9.20. The Morgan fingerprint density at radius 2 is 1.79 bits per heavy atom. The summed E-state index contributed by atoms with van der Waals surface area (Å²) in [5.74, 6) is 1.79. The highest BCUT2D eigenvalue weighted by atomic mass is 79.9. The molecule has 3 heterocycles. The van der Waals surface area contributed by atoms with Gasteiger partial charge in [0.2, 0.25) is 0 Å². The predicted octanol–water partition coefficient (Wildman–Crippen LogP) is 6.44. The van der Waals surface area contributed by atoms with Crippen molar-refractivity contribution in [2.24, 2.45) is 0 Å². The quantitative estimate of drug-likeness (QED) is 0.183. The van der Waals surface area contributed by atoms with E-state index in [1.54, 1.807) is 18.1 Å². The molecule has 0 atom stereocenters. The largest absolute Gasteiger partial charge is 0.497 e. The number of methoxy groups -OCH3 is 1. The van der Waals surface area contributed by atoms with Gasteiger partial charge in [0.15, 0.2) is 0 Å². The Kier molecular flexibility index (Phi) is 7.90. The zero-order valence-electron chi connectivity index (χ0n) is 21.8. The van der Waals surface area contributed by atoms with E-state index in [-0.39, 0.29) is 0 Å². The highest BCUT2D eigenvalue weighted by Crippen LogP contribution is 2.42. The Hall–Kier alpha value is -3.27. The molecule has 0 radical (unpaired) electrons. The number of ether oxygens (including phenoxy) is 2. The van der Waals surface area contributed by atoms with Gasteiger partial charge in [0.25, 0.3) is 0 Å². The number of halogens is 1. The molecule has 7 nitrogen and oxygen atoms in total. The monoisotopic (exact) mass is 603 g/mol. The molecule has 0 spiro atoms. The maximum atomic E-state index is 6.06. The minimum Gasteiger partial charge on any atom is -0.497 e. The second-order valence-electron chi connectivity index (χ2n) is 9.80. The maximum Gasteiger partial charge on any atom is 0.138 e. The van der Waals surface area contributed by atoms with E-state index in [4.69, 9.17) is 9.47 Å². The molecule has 1 fully saturated rings. The van der Waals surface area contributed by atoms with E-state index in [1.165, 1.54) is 57.6 Å². The summed E-state index contributed by atoms with van der Waals surface area (Å²) < 4.78 is 15.6. The number of benzene rings is 3. The van der Waals surface area contributed by atoms with Gasteiger partial charge in [-0.15, -0.1) is 16.4 Å². The summed E-state index contributed by atoms with van der Waals surface area (Å²) in [6.45, 7) is 4.73. The number of thiophene rings is 1. The van der Waals surface area contributed by atoms with Crippen LogP contribution in [0.25, 0.3) is 20.5 Å². The standard InChI is InChI=1S/C30H30BrN5O2S/c1-37-25-10-11-26-27(16-21-4-5-23(28(31)17-21)19-36-20-32-33-34-36)30(39-29(26)18-25)22-6-8-24(9-7-22)38-15-14-35-12-2-3-13-35/h4-11,17-18,20H,2-3,12-16,19H2,1H3. The first-order valence-corrected chi connectivity index (χ1v) is 14.8. The highest BCUT2D eigenvalue weighted by molar-refractivity contribution is 9.10. The van der Waals surface area contributed by atoms with Gasteiger partial charge in [0.1, 0.15) is 24.4 Å². The Bertz CT molecular complexity index is 1550. The third kappa shape index (κ3) is 6.00. The van der Waals surface area contributed by atoms with Crippen LogP contribution in [0.4, 0.5) is 0 Å². The lowest BCUT2D eigenvalue weighted by molar-refractivity contribution is 0.238. The number of likely N-dealkylation sites (tertiary alicyclic amines) is 1. The highest BCUT2D eigenvalue weighted by Gasteiger charge is 2.17. The van der Waals surface area contributed by atoms with Gasteiger partial charge in [-0.25, -0.2) is 4.68 Å². The lowest BCUT2D eigenvalue weighted by atomic mass is 9.98. The molecule has 0 amide bonds. The SMILES string of the molecule is COc1ccc2c(Cc3ccc(Cn4cnnn4)c(Br)c3)c(-c3ccc(OCCN4CCCC4)cc3)sc2c1. The van der Waals surface area contributed by atoms with E-state index in [0.717, 1.165) is 41.1 Å². The summed E-state index contributed by atoms with van der Waals surface area (Å²) in [4.78, 5) is 3.75. The third-order valence-electron chi connectivity index (χ3n) is 7.21. The van der Waals surface area contributed by atoms with Crippen molar-refractivity contribution in [3.63, 3.8) is 0 Å². The molecule has 1 aliphatic heterocycles. The molecular weight excluding hydrogens is 574 g/mol. The molecule has 39 heavy (non-hydrogen) atoms. The van der Waals surface area contributed by atoms with Gasteiger partial charge in [-0.2, -0.15) is 0 Å². The molecule has 6 rings (SSSR count). The van der Waals surface area contributed by atoms with Crippen LogP contribution in [-0.4, -0.2) is 58.5 Å². The molecule has 0 unspecified atom stereocenters. The van der Waals surface area contributed by atoms with Crippen LogP contribution in [0.2, 0.25) is 0 Å². The smallest absolute Gasteiger partial charge is 0.138 e. The van der Waals surface area contributed by atoms with Crippen LogP contribution < -0.4 is 9.47 Å². The van der Waals surface area contributed by atoms with Crippen molar-refractivity contribution in [2.45, 2.75) is 25.8 Å². The first kappa shape index (κ1) is 26.0. The van der Waals surface area contributed by atoms with Gasteiger partial charge < -0.3 is 9.47 Å². The average Bonchev–Trinajstić information content (AvgIpc) is 3.73. The first-order chi connectivity index (χ1) is 19.2. The number of hydrogen-bond acceptors (Lipinski definition) is 7. The van der Waals surface area contributed by atoms with Crippen LogP contribution in [0.15, 0.2) is 71.5 Å². The zero-order chi connectivity index (χ0) is 26.6. The summed E-state index contributed by atoms with van der Waals surface area (Å²) in [6, 6.07) is 21.5. The van der Waals surface area contributed by atoms with Crippen molar-refractivity contribution >= 4 is 37.4 Å². The van der Waals surface area contributed by atoms with E-state index in [9.17, 15) is 0 Å². The topological polar surface area (TPSA) is 65.3 Å². The van der Waals surface area contributed by atoms with E-state index in [0.29, 0.717) is 6.54 Å². The lowest BCUT2D eigenvalue weighted by Crippen LogP contribution is -2.25. The van der Waals surface area contributed by atoms with Crippen molar-refractivity contribution in [3.05, 3.63) is 88.2 Å². The van der Waals surface area contributed by atoms with Gasteiger partial charge in [0, 0.05) is 20.6 Å². The summed E-state index contributed by atoms with van der Waals surface area (Å²) in [5, 5.41) is 12.7. The molecule has 9 heteroatoms. The number of tetrazole rings is 1. The molecule has 5 aromatic rings. The van der Waals surface area contributed by atoms with Crippen LogP contribution >= 0.6 is 27.3 Å². The van der Waals surface area contributed by atoms with Crippen LogP contribution in [-0.2, 0) is 13.0 Å². The lowest BCUT2D eigenvalue weighted by Gasteiger charge is -2.15. The van der Waals surface area contributed by atoms with Gasteiger partial charge in [-0.1, -0.05) is 28.1 Å². The molecule has 0 bridgehead atoms. The normalized spacial score (nSPS) is 13.8. The molecular formula is C30H30BrN5O2S. The fourth-order valence-electron chi connectivity index (χ4n) is 5.13. The van der Waals surface area contributed by atoms with Gasteiger partial charge in [-0.3, -0.25) is 4.90 Å². The van der Waals surface area contributed by atoms with Crippen molar-refractivity contribution in [1.82, 2.24) is 25.1 Å². The van der Waals surface area contributed by atoms with Crippen LogP contribution in [0, 0.1) is 0 Å². The molecule has 0 saturated carbocycles. The molecule has 200 valence electrons. The van der Waals surface area contributed by atoms with Crippen LogP contribution in [0.1, 0.15) is 29.5 Å². The zero-order valence-corrected chi connectivity index (χ0v) is 24.2. The van der Waals surface area contributed by atoms with Crippen molar-refractivity contribution < 1.29 is 9.47 Å². The Balaban J connectivity index is 1.26. The number of nitrogens with zero attached hydrogens (tertiary/aromatic N) is 5. The minimum absolute atomic E-state index is 0.618. The number of aromatic nitrogens is 4. The summed E-state index contributed by atoms with van der Waals surface area (Å²) in [5.41, 5.74) is 4.89. The van der Waals surface area contributed by atoms with Crippen molar-refractivity contribution in [1.29, 1.82) is 0 Å². The van der Waals surface area contributed by atoms with E-state index in [2.05, 4.69) is 91.0 Å². The molecule has 3 aromatic carbocycles. The molecule has 1 saturated heterocycles. The first-order valence-electron chi connectivity index (χ1n) is 13.2. The van der Waals surface area contributed by atoms with Crippen LogP contribution in [0.5, 0.6) is 11.5 Å². The molecule has 0 N–H and O–H groups in total. The minimum atomic E-state index is 0.618. The fourth-order valence-corrected chi connectivity index (χ4v) is 6.93. The maximum absolute atomic E-state index is 6.06. The fraction of sp³-hybridized carbons (Fsp3) is 0.300.